The third-order valence-electron chi connectivity index (χ3n) is 1.62. The van der Waals surface area contributed by atoms with Gasteiger partial charge in [-0.15, -0.1) is 0 Å². The van der Waals surface area contributed by atoms with Crippen LogP contribution >= 0.6 is 0 Å². The summed E-state index contributed by atoms with van der Waals surface area (Å²) in [6.45, 7) is 0. The Morgan fingerprint density at radius 2 is 1.73 bits per heavy atom. The first-order valence-corrected chi connectivity index (χ1v) is 5.54. The van der Waals surface area contributed by atoms with Gasteiger partial charge in [0.15, 0.2) is 9.84 Å². The Hall–Kier alpha value is -1.82. The van der Waals surface area contributed by atoms with Crippen molar-refractivity contribution in [3.63, 3.8) is 0 Å². The molecule has 1 amide bonds. The van der Waals surface area contributed by atoms with Crippen LogP contribution in [0.4, 0.5) is 5.69 Å². The smallest absolute Gasteiger partial charge is 0.242 e. The molecule has 0 aromatic heterocycles. The van der Waals surface area contributed by atoms with Crippen LogP contribution in [0.25, 0.3) is 0 Å². The Morgan fingerprint density at radius 3 is 2.20 bits per heavy atom. The number of sulfone groups is 1. The molecule has 1 rings (SSSR count). The van der Waals surface area contributed by atoms with E-state index in [9.17, 15) is 13.2 Å². The van der Waals surface area contributed by atoms with Gasteiger partial charge in [0.1, 0.15) is 0 Å². The molecule has 1 aromatic carbocycles. The van der Waals surface area contributed by atoms with Crippen molar-refractivity contribution < 1.29 is 13.2 Å². The molecule has 0 radical (unpaired) electrons. The van der Waals surface area contributed by atoms with Crippen molar-refractivity contribution in [2.75, 3.05) is 5.73 Å². The molecule has 0 saturated carbocycles. The number of nitrogen functional groups attached to an aromatic ring is 1. The van der Waals surface area contributed by atoms with Crippen LogP contribution in [-0.2, 0) is 14.6 Å². The van der Waals surface area contributed by atoms with Gasteiger partial charge in [-0.1, -0.05) is 0 Å². The molecule has 0 bridgehead atoms. The molecule has 0 aliphatic heterocycles. The van der Waals surface area contributed by atoms with Crippen molar-refractivity contribution in [3.05, 3.63) is 35.7 Å². The van der Waals surface area contributed by atoms with Crippen molar-refractivity contribution in [1.29, 1.82) is 0 Å². The van der Waals surface area contributed by atoms with E-state index in [2.05, 4.69) is 0 Å². The maximum atomic E-state index is 11.5. The zero-order valence-electron chi connectivity index (χ0n) is 7.75. The Kier molecular flexibility index (Phi) is 3.11. The lowest BCUT2D eigenvalue weighted by Crippen LogP contribution is -2.07. The van der Waals surface area contributed by atoms with Crippen LogP contribution in [0.3, 0.4) is 0 Å². The lowest BCUT2D eigenvalue weighted by molar-refractivity contribution is -0.113. The van der Waals surface area contributed by atoms with E-state index >= 15 is 0 Å². The first-order chi connectivity index (χ1) is 6.92. The molecule has 0 heterocycles. The van der Waals surface area contributed by atoms with Gasteiger partial charge in [0, 0.05) is 17.2 Å². The summed E-state index contributed by atoms with van der Waals surface area (Å²) in [6.07, 6.45) is 0.797. The van der Waals surface area contributed by atoms with Gasteiger partial charge in [-0.2, -0.15) is 0 Å². The number of amides is 1. The number of carbonyl (C=O) groups excluding carboxylic acids is 1. The van der Waals surface area contributed by atoms with E-state index in [0.717, 1.165) is 11.5 Å². The summed E-state index contributed by atoms with van der Waals surface area (Å²) in [4.78, 5) is 10.4. The first-order valence-electron chi connectivity index (χ1n) is 4.00. The quantitative estimate of drug-likeness (QED) is 0.561. The van der Waals surface area contributed by atoms with Crippen LogP contribution in [0, 0.1) is 0 Å². The van der Waals surface area contributed by atoms with Gasteiger partial charge in [-0.05, 0) is 24.3 Å². The normalized spacial score (nSPS) is 11.7. The van der Waals surface area contributed by atoms with Gasteiger partial charge in [0.05, 0.1) is 4.90 Å². The molecule has 0 aliphatic carbocycles. The van der Waals surface area contributed by atoms with Crippen molar-refractivity contribution >= 4 is 21.4 Å². The van der Waals surface area contributed by atoms with Crippen LogP contribution in [0.15, 0.2) is 40.6 Å². The molecule has 4 N–H and O–H groups in total. The first kappa shape index (κ1) is 11.3. The summed E-state index contributed by atoms with van der Waals surface area (Å²) >= 11 is 0. The standard InChI is InChI=1S/C9H10N2O3S/c10-7-1-3-8(4-2-7)15(13,14)6-5-9(11)12/h1-6H,10H2,(H2,11,12). The van der Waals surface area contributed by atoms with Crippen LogP contribution in [0.1, 0.15) is 0 Å². The molecule has 5 nitrogen and oxygen atoms in total. The highest BCUT2D eigenvalue weighted by molar-refractivity contribution is 7.94. The third-order valence-corrected chi connectivity index (χ3v) is 3.04. The summed E-state index contributed by atoms with van der Waals surface area (Å²) in [5.41, 5.74) is 10.7. The van der Waals surface area contributed by atoms with Gasteiger partial charge >= 0.3 is 0 Å². The predicted octanol–water partition coefficient (Wildman–Crippen LogP) is 0.0415. The highest BCUT2D eigenvalue weighted by Gasteiger charge is 2.09. The fourth-order valence-corrected chi connectivity index (χ4v) is 1.88. The average Bonchev–Trinajstić information content (AvgIpc) is 2.16. The summed E-state index contributed by atoms with van der Waals surface area (Å²) in [6, 6.07) is 5.64. The highest BCUT2D eigenvalue weighted by Crippen LogP contribution is 2.13. The van der Waals surface area contributed by atoms with Crippen molar-refractivity contribution in [2.24, 2.45) is 5.73 Å². The summed E-state index contributed by atoms with van der Waals surface area (Å²) < 4.78 is 23.0. The number of hydrogen-bond donors (Lipinski definition) is 2. The molecule has 0 spiro atoms. The Bertz CT molecular complexity index is 489. The molecule has 0 saturated heterocycles. The zero-order valence-corrected chi connectivity index (χ0v) is 8.57. The van der Waals surface area contributed by atoms with E-state index in [1.165, 1.54) is 24.3 Å². The second-order valence-corrected chi connectivity index (χ2v) is 4.65. The monoisotopic (exact) mass is 226 g/mol. The average molecular weight is 226 g/mol. The fourth-order valence-electron chi connectivity index (χ4n) is 0.893. The largest absolute Gasteiger partial charge is 0.399 e. The minimum Gasteiger partial charge on any atom is -0.399 e. The minimum absolute atomic E-state index is 0.0641. The number of anilines is 1. The van der Waals surface area contributed by atoms with E-state index in [0.29, 0.717) is 5.69 Å². The van der Waals surface area contributed by atoms with E-state index in [1.807, 2.05) is 0 Å². The van der Waals surface area contributed by atoms with Crippen molar-refractivity contribution in [1.82, 2.24) is 0 Å². The number of primary amides is 1. The van der Waals surface area contributed by atoms with Crippen molar-refractivity contribution in [3.8, 4) is 0 Å². The van der Waals surface area contributed by atoms with E-state index in [-0.39, 0.29) is 4.90 Å². The second-order valence-electron chi connectivity index (χ2n) is 2.82. The minimum atomic E-state index is -3.61. The topological polar surface area (TPSA) is 103 Å². The summed E-state index contributed by atoms with van der Waals surface area (Å²) in [5, 5.41) is 0.765. The predicted molar refractivity (Wildman–Crippen MR) is 56.4 cm³/mol. The molecular formula is C9H10N2O3S. The molecule has 1 aromatic rings. The Balaban J connectivity index is 3.07. The summed E-state index contributed by atoms with van der Waals surface area (Å²) in [7, 11) is -3.61. The molecule has 6 heteroatoms. The van der Waals surface area contributed by atoms with E-state index in [4.69, 9.17) is 11.5 Å². The van der Waals surface area contributed by atoms with Crippen LogP contribution in [0.5, 0.6) is 0 Å². The number of benzene rings is 1. The SMILES string of the molecule is NC(=O)C=CS(=O)(=O)c1ccc(N)cc1. The molecule has 0 aliphatic rings. The summed E-state index contributed by atoms with van der Waals surface area (Å²) in [5.74, 6) is -0.811. The molecule has 0 fully saturated rings. The molecular weight excluding hydrogens is 216 g/mol. The van der Waals surface area contributed by atoms with Crippen LogP contribution < -0.4 is 11.5 Å². The Labute approximate surface area is 87.3 Å². The highest BCUT2D eigenvalue weighted by atomic mass is 32.2. The van der Waals surface area contributed by atoms with Gasteiger partial charge in [-0.3, -0.25) is 4.79 Å². The molecule has 15 heavy (non-hydrogen) atoms. The van der Waals surface area contributed by atoms with Gasteiger partial charge in [0.2, 0.25) is 5.91 Å². The lowest BCUT2D eigenvalue weighted by atomic mass is 10.3. The number of carbonyl (C=O) groups is 1. The fraction of sp³-hybridized carbons (Fsp3) is 0. The zero-order chi connectivity index (χ0) is 11.5. The van der Waals surface area contributed by atoms with Gasteiger partial charge < -0.3 is 11.5 Å². The number of hydrogen-bond acceptors (Lipinski definition) is 4. The second kappa shape index (κ2) is 4.14. The Morgan fingerprint density at radius 1 is 1.20 bits per heavy atom. The third kappa shape index (κ3) is 3.10. The molecule has 0 unspecified atom stereocenters. The van der Waals surface area contributed by atoms with E-state index in [1.54, 1.807) is 0 Å². The van der Waals surface area contributed by atoms with Crippen LogP contribution in [-0.4, -0.2) is 14.3 Å². The maximum absolute atomic E-state index is 11.5. The number of nitrogens with two attached hydrogens (primary N) is 2. The lowest BCUT2D eigenvalue weighted by Gasteiger charge is -1.98. The van der Waals surface area contributed by atoms with Gasteiger partial charge in [-0.25, -0.2) is 8.42 Å². The van der Waals surface area contributed by atoms with Crippen molar-refractivity contribution in [2.45, 2.75) is 4.90 Å². The van der Waals surface area contributed by atoms with Crippen LogP contribution in [0.2, 0.25) is 0 Å². The van der Waals surface area contributed by atoms with Gasteiger partial charge in [0.25, 0.3) is 0 Å². The number of rotatable bonds is 3. The maximum Gasteiger partial charge on any atom is 0.242 e. The molecule has 0 atom stereocenters. The van der Waals surface area contributed by atoms with E-state index < -0.39 is 15.7 Å². The molecule has 80 valence electrons.